The number of Topliss-reactive ketones (excluding diaryl/α,β-unsaturated/α-hetero) is 1. The molecule has 40 heteroatoms. The fourth-order valence-electron chi connectivity index (χ4n) is 17.0. The number of amides is 15. The van der Waals surface area contributed by atoms with Gasteiger partial charge in [-0.15, -0.1) is 11.3 Å². The maximum absolute atomic E-state index is 16.6. The number of thiophene rings is 1. The fourth-order valence-corrected chi connectivity index (χ4v) is 17.9. The van der Waals surface area contributed by atoms with E-state index in [1.54, 1.807) is 30.4 Å². The quantitative estimate of drug-likeness (QED) is 0.0321. The van der Waals surface area contributed by atoms with Crippen LogP contribution in [-0.4, -0.2) is 349 Å². The van der Waals surface area contributed by atoms with Gasteiger partial charge in [-0.05, 0) is 129 Å². The van der Waals surface area contributed by atoms with Crippen molar-refractivity contribution in [2.75, 3.05) is 159 Å². The number of hydrogen-bond acceptors (Lipinski definition) is 24. The van der Waals surface area contributed by atoms with Gasteiger partial charge in [-0.25, -0.2) is 9.29 Å². The summed E-state index contributed by atoms with van der Waals surface area (Å²) in [7, 11) is 12.9. The number of aryl methyl sites for hydroxylation is 1. The monoisotopic (exact) mass is 1770 g/mol. The van der Waals surface area contributed by atoms with Crippen LogP contribution in [0.25, 0.3) is 0 Å². The first kappa shape index (κ1) is 97.8. The molecule has 3 heterocycles. The predicted octanol–water partition coefficient (Wildman–Crippen LogP) is -0.0815. The van der Waals surface area contributed by atoms with Gasteiger partial charge in [-0.1, -0.05) is 43.7 Å². The molecule has 682 valence electrons. The first-order valence-corrected chi connectivity index (χ1v) is 41.9. The number of likely N-dealkylation sites (N-methyl/N-ethyl adjacent to an activating group) is 10. The van der Waals surface area contributed by atoms with E-state index in [-0.39, 0.29) is 67.8 Å². The zero-order valence-electron chi connectivity index (χ0n) is 73.1. The summed E-state index contributed by atoms with van der Waals surface area (Å²) >= 11 is 1.39. The van der Waals surface area contributed by atoms with E-state index in [0.717, 1.165) is 90.3 Å². The van der Waals surface area contributed by atoms with Gasteiger partial charge in [0.05, 0.1) is 88.3 Å². The summed E-state index contributed by atoms with van der Waals surface area (Å²) < 4.78 is 35.9. The predicted molar refractivity (Wildman–Crippen MR) is 449 cm³/mol. The molecule has 0 unspecified atom stereocenters. The van der Waals surface area contributed by atoms with Crippen LogP contribution in [0, 0.1) is 34.4 Å². The van der Waals surface area contributed by atoms with Crippen LogP contribution in [0.5, 0.6) is 5.75 Å². The lowest BCUT2D eigenvalue weighted by molar-refractivity contribution is -0.200. The third kappa shape index (κ3) is 22.6. The number of carbonyl (C=O) groups is 18. The lowest BCUT2D eigenvalue weighted by Gasteiger charge is -2.59. The zero-order valence-corrected chi connectivity index (χ0v) is 73.9. The van der Waals surface area contributed by atoms with Crippen molar-refractivity contribution in [3.63, 3.8) is 0 Å². The molecule has 0 spiro atoms. The van der Waals surface area contributed by atoms with Crippen molar-refractivity contribution in [2.45, 2.75) is 122 Å². The number of fused-ring (bicyclic) bond motifs is 7. The van der Waals surface area contributed by atoms with Crippen LogP contribution in [0.4, 0.5) is 15.8 Å². The summed E-state index contributed by atoms with van der Waals surface area (Å²) in [6.07, 6.45) is 6.33. The number of halogens is 1. The van der Waals surface area contributed by atoms with Gasteiger partial charge < -0.3 is 94.5 Å². The summed E-state index contributed by atoms with van der Waals surface area (Å²) in [6.45, 7) is 0.615. The van der Waals surface area contributed by atoms with Crippen LogP contribution in [0.2, 0.25) is 0 Å². The minimum atomic E-state index is -1.52. The molecule has 0 bridgehead atoms. The smallest absolute Gasteiger partial charge is 0.323 e. The first-order chi connectivity index (χ1) is 59.2. The highest BCUT2D eigenvalue weighted by atomic mass is 32.1. The molecule has 4 fully saturated rings. The number of carbonyl (C=O) groups excluding carboxylic acids is 17. The number of aliphatic hydroxyl groups excluding tert-OH is 2. The van der Waals surface area contributed by atoms with Crippen LogP contribution >= 0.6 is 11.3 Å². The van der Waals surface area contributed by atoms with Crippen molar-refractivity contribution in [3.05, 3.63) is 111 Å². The number of allylic oxidation sites excluding steroid dienone is 4. The van der Waals surface area contributed by atoms with E-state index in [1.165, 1.54) is 102 Å². The van der Waals surface area contributed by atoms with Crippen molar-refractivity contribution in [2.24, 2.45) is 28.6 Å². The van der Waals surface area contributed by atoms with Crippen molar-refractivity contribution in [3.8, 4) is 5.75 Å². The highest BCUT2D eigenvalue weighted by Gasteiger charge is 2.76. The molecule has 2 aliphatic heterocycles. The summed E-state index contributed by atoms with van der Waals surface area (Å²) in [5.41, 5.74) is -0.150. The third-order valence-electron chi connectivity index (χ3n) is 24.4. The number of aliphatic carboxylic acids is 1. The van der Waals surface area contributed by atoms with E-state index in [4.69, 9.17) is 19.3 Å². The molecule has 3 aromatic rings. The summed E-state index contributed by atoms with van der Waals surface area (Å²) in [5, 5.41) is 41.4. The maximum atomic E-state index is 16.6. The Balaban J connectivity index is 0.676. The van der Waals surface area contributed by atoms with Gasteiger partial charge in [0, 0.05) is 118 Å². The standard InChI is InChI=1S/C86H111FN14O24S/c1-49(81(121)89-50(2)82(122)90-55-18-15-17-51(32-55)31-52-33-61(126-48-52)83-124-63-35-58-57-23-22-54-34-56(103)28-29-84(54,3)78(57)60(104)36-85(58,4)86(63,125-83)62(105)47-102)88-64(106)25-21-53-20-24-59(101-66(108)26-27-67(101)109)79(87)80(53)123-30-16-19-65(107)91(5)37-68(110)92(6)38-69(111)93(7)39-70(112)94(8)40-71(113)95(9)41-72(114)96(10)42-73(115)97(11)43-74(116)98(12)44-75(117)99(13)45-76(118)100(14)46-77(119)120/h15,17-18,20,24,26-29,32-34,48-50,57-58,60,63,78,83,102,104H,16,19,21-23,25,30-31,35-47H2,1-14H3,(H,88,106)(H,89,121)(H,90,122)(H,119,120)/t49-,50-,57-,58-,60-,63+,78+,83+,84-,85-,86+/m0/s1. The van der Waals surface area contributed by atoms with Gasteiger partial charge in [0.25, 0.3) is 11.8 Å². The topological polar surface area (TPSA) is 467 Å². The van der Waals surface area contributed by atoms with Gasteiger partial charge in [0.15, 0.2) is 35.0 Å². The molecule has 126 heavy (non-hydrogen) atoms. The molecule has 38 nitrogen and oxygen atoms in total. The highest BCUT2D eigenvalue weighted by Crippen LogP contribution is 2.70. The molecular formula is C86H111FN14O24S. The first-order valence-electron chi connectivity index (χ1n) is 41.0. The average molecular weight is 1780 g/mol. The Bertz CT molecular complexity index is 4880. The number of anilines is 2. The van der Waals surface area contributed by atoms with E-state index >= 15 is 4.39 Å². The van der Waals surface area contributed by atoms with Crippen molar-refractivity contribution in [1.82, 2.24) is 59.6 Å². The minimum Gasteiger partial charge on any atom is -0.490 e. The number of aliphatic hydroxyl groups is 2. The van der Waals surface area contributed by atoms with Crippen molar-refractivity contribution in [1.29, 1.82) is 0 Å². The van der Waals surface area contributed by atoms with Crippen LogP contribution in [0.1, 0.15) is 100 Å². The molecule has 1 saturated heterocycles. The van der Waals surface area contributed by atoms with E-state index in [1.807, 2.05) is 30.5 Å². The number of benzene rings is 2. The Morgan fingerprint density at radius 2 is 1.11 bits per heavy atom. The van der Waals surface area contributed by atoms with Gasteiger partial charge in [-0.2, -0.15) is 0 Å². The number of ether oxygens (including phenoxy) is 3. The molecule has 6 N–H and O–H groups in total. The fraction of sp³-hybridized carbons (Fsp3) is 0.535. The Morgan fingerprint density at radius 3 is 1.61 bits per heavy atom. The molecule has 0 radical (unpaired) electrons. The summed E-state index contributed by atoms with van der Waals surface area (Å²) in [5.74, 6) is -14.0. The van der Waals surface area contributed by atoms with E-state index in [9.17, 15) is 96.5 Å². The Morgan fingerprint density at radius 1 is 0.619 bits per heavy atom. The molecule has 9 rings (SSSR count). The zero-order chi connectivity index (χ0) is 93.0. The third-order valence-corrected chi connectivity index (χ3v) is 25.4. The van der Waals surface area contributed by atoms with E-state index < -0.39 is 237 Å². The van der Waals surface area contributed by atoms with Crippen LogP contribution in [0.15, 0.2) is 83.8 Å². The number of carboxylic acids is 1. The average Bonchev–Trinajstić information content (AvgIpc) is 1.45. The van der Waals surface area contributed by atoms with Crippen LogP contribution in [0.3, 0.4) is 0 Å². The lowest BCUT2D eigenvalue weighted by Crippen LogP contribution is -2.63. The SMILES string of the molecule is C[C@H](NC(=O)CCc1ccc(N2C(=O)C=CC2=O)c(F)c1OCCCC(=O)N(C)CC(=O)N(C)CC(=O)N(C)CC(=O)N(C)CC(=O)N(C)CC(=O)N(C)CC(=O)N(C)CC(=O)N(C)CC(=O)N(C)CC(=O)N(C)CC(=O)O)C(=O)N[C@@H](C)C(=O)Nc1cccc(Cc2csc([C@@H]3O[C@@H]4C[C@H]5[C@@H]6CCC7=CC(=O)C=C[C@]7(C)[C@H]6[C@@H](O)C[C@]5(C)[C@]4(C(=O)CO)O3)c2)c1. The molecule has 6 aliphatic rings. The Kier molecular flexibility index (Phi) is 32.1. The number of imide groups is 1. The van der Waals surface area contributed by atoms with Gasteiger partial charge in [-0.3, -0.25) is 86.3 Å². The summed E-state index contributed by atoms with van der Waals surface area (Å²) in [6, 6.07) is 9.23. The molecule has 1 aromatic heterocycles. The second-order valence-corrected chi connectivity index (χ2v) is 34.6. The normalized spacial score (nSPS) is 21.6. The second kappa shape index (κ2) is 41.4. The second-order valence-electron chi connectivity index (χ2n) is 33.7. The number of hydrogen-bond donors (Lipinski definition) is 6. The number of nitrogens with zero attached hydrogens (tertiary/aromatic N) is 11. The number of ketones is 2. The lowest BCUT2D eigenvalue weighted by atomic mass is 9.46. The van der Waals surface area contributed by atoms with Crippen LogP contribution in [-0.2, 0) is 109 Å². The van der Waals surface area contributed by atoms with Gasteiger partial charge >= 0.3 is 5.97 Å². The maximum Gasteiger partial charge on any atom is 0.323 e. The highest BCUT2D eigenvalue weighted by molar-refractivity contribution is 7.10. The van der Waals surface area contributed by atoms with Crippen LogP contribution < -0.4 is 25.6 Å². The molecule has 2 aromatic carbocycles. The number of nitrogens with one attached hydrogen (secondary N) is 3. The molecular weight excluding hydrogens is 1660 g/mol. The number of rotatable bonds is 39. The van der Waals surface area contributed by atoms with Gasteiger partial charge in [0.1, 0.15) is 25.2 Å². The Hall–Kier alpha value is -12.0. The van der Waals surface area contributed by atoms with E-state index in [0.29, 0.717) is 34.7 Å². The van der Waals surface area contributed by atoms with Crippen molar-refractivity contribution >= 4 is 129 Å². The van der Waals surface area contributed by atoms with Gasteiger partial charge in [0.2, 0.25) is 76.8 Å². The van der Waals surface area contributed by atoms with Crippen molar-refractivity contribution < 1.29 is 120 Å². The van der Waals surface area contributed by atoms with E-state index in [2.05, 4.69) is 22.9 Å². The molecule has 15 amide bonds. The molecule has 4 aliphatic carbocycles. The molecule has 11 atom stereocenters. The number of carboxylic acid groups (broad SMARTS) is 1. The Labute approximate surface area is 731 Å². The molecule has 3 saturated carbocycles. The largest absolute Gasteiger partial charge is 0.490 e. The minimum absolute atomic E-state index is 0.000689. The summed E-state index contributed by atoms with van der Waals surface area (Å²) in [4.78, 5) is 245.